The van der Waals surface area contributed by atoms with E-state index in [-0.39, 0.29) is 42.7 Å². The largest absolute Gasteiger partial charge is 0.460 e. The second-order valence-corrected chi connectivity index (χ2v) is 14.5. The van der Waals surface area contributed by atoms with Crippen LogP contribution in [0.25, 0.3) is 0 Å². The number of amides is 3. The molecule has 234 valence electrons. The summed E-state index contributed by atoms with van der Waals surface area (Å²) >= 11 is 0. The first-order valence-corrected chi connectivity index (χ1v) is 15.3. The van der Waals surface area contributed by atoms with Gasteiger partial charge < -0.3 is 29.7 Å². The highest BCUT2D eigenvalue weighted by Gasteiger charge is 2.73. The van der Waals surface area contributed by atoms with Gasteiger partial charge in [0.05, 0.1) is 31.2 Å². The Morgan fingerprint density at radius 3 is 2.40 bits per heavy atom. The van der Waals surface area contributed by atoms with Crippen LogP contribution in [0, 0.1) is 23.2 Å². The number of aliphatic hydroxyl groups excluding tert-OH is 1. The number of cyclic esters (lactones) is 1. The molecule has 4 aliphatic heterocycles. The Kier molecular flexibility index (Phi) is 9.01. The highest BCUT2D eigenvalue weighted by Crippen LogP contribution is 2.54. The van der Waals surface area contributed by atoms with Gasteiger partial charge in [-0.25, -0.2) is 0 Å². The molecule has 4 heterocycles. The van der Waals surface area contributed by atoms with Gasteiger partial charge in [-0.05, 0) is 44.9 Å². The van der Waals surface area contributed by atoms with Gasteiger partial charge in [-0.2, -0.15) is 0 Å². The number of nitrogens with zero attached hydrogens (tertiary/aromatic N) is 2. The van der Waals surface area contributed by atoms with Crippen molar-refractivity contribution in [3.63, 3.8) is 0 Å². The van der Waals surface area contributed by atoms with Crippen molar-refractivity contribution < 1.29 is 33.8 Å². The predicted molar refractivity (Wildman–Crippen MR) is 157 cm³/mol. The van der Waals surface area contributed by atoms with E-state index >= 15 is 0 Å². The summed E-state index contributed by atoms with van der Waals surface area (Å²) in [5.41, 5.74) is -2.05. The molecule has 0 saturated carbocycles. The molecule has 2 N–H and O–H groups in total. The van der Waals surface area contributed by atoms with E-state index < -0.39 is 59.1 Å². The number of carbonyl (C=O) groups excluding carboxylic acids is 4. The molecule has 3 amide bonds. The number of aliphatic hydroxyl groups is 1. The van der Waals surface area contributed by atoms with Crippen molar-refractivity contribution in [2.45, 2.75) is 110 Å². The molecule has 10 nitrogen and oxygen atoms in total. The number of likely N-dealkylation sites (tertiary alicyclic amines) is 1. The van der Waals surface area contributed by atoms with E-state index in [0.717, 1.165) is 6.42 Å². The van der Waals surface area contributed by atoms with Gasteiger partial charge >= 0.3 is 5.97 Å². The van der Waals surface area contributed by atoms with Crippen LogP contribution in [-0.2, 0) is 28.7 Å². The zero-order chi connectivity index (χ0) is 31.2. The van der Waals surface area contributed by atoms with Gasteiger partial charge in [0.25, 0.3) is 0 Å². The lowest BCUT2D eigenvalue weighted by molar-refractivity contribution is -0.161. The Morgan fingerprint density at radius 2 is 1.79 bits per heavy atom. The van der Waals surface area contributed by atoms with Crippen LogP contribution in [0.4, 0.5) is 0 Å². The first kappa shape index (κ1) is 32.2. The maximum absolute atomic E-state index is 14.8. The Bertz CT molecular complexity index is 1140. The molecule has 0 unspecified atom stereocenters. The molecule has 1 spiro atoms. The number of nitrogens with one attached hydrogen (secondary N) is 1. The molecule has 10 heteroatoms. The summed E-state index contributed by atoms with van der Waals surface area (Å²) in [7, 11) is 0. The molecule has 0 aromatic carbocycles. The molecule has 0 aromatic heterocycles. The van der Waals surface area contributed by atoms with Crippen molar-refractivity contribution in [1.82, 2.24) is 15.1 Å². The molecule has 2 fully saturated rings. The molecule has 2 saturated heterocycles. The zero-order valence-electron chi connectivity index (χ0n) is 26.4. The maximum atomic E-state index is 14.8. The van der Waals surface area contributed by atoms with Crippen molar-refractivity contribution in [2.75, 3.05) is 19.7 Å². The predicted octanol–water partition coefficient (Wildman–Crippen LogP) is 2.60. The number of carbonyl (C=O) groups is 4. The fourth-order valence-corrected chi connectivity index (χ4v) is 7.52. The number of allylic oxidation sites excluding steroid dienone is 1. The van der Waals surface area contributed by atoms with Gasteiger partial charge in [0, 0.05) is 18.5 Å². The molecule has 42 heavy (non-hydrogen) atoms. The summed E-state index contributed by atoms with van der Waals surface area (Å²) < 4.78 is 12.5. The summed E-state index contributed by atoms with van der Waals surface area (Å²) in [6.07, 6.45) is 7.17. The Hall–Kier alpha value is -2.72. The average molecular weight is 588 g/mol. The van der Waals surface area contributed by atoms with Crippen LogP contribution in [0.1, 0.15) is 74.7 Å². The third-order valence-electron chi connectivity index (χ3n) is 8.98. The van der Waals surface area contributed by atoms with Crippen LogP contribution in [0.3, 0.4) is 0 Å². The normalized spacial score (nSPS) is 34.1. The van der Waals surface area contributed by atoms with E-state index in [1.54, 1.807) is 25.2 Å². The van der Waals surface area contributed by atoms with Gasteiger partial charge in [-0.1, -0.05) is 58.9 Å². The fraction of sp³-hybridized carbons (Fsp3) is 0.750. The van der Waals surface area contributed by atoms with Crippen LogP contribution in [0.2, 0.25) is 0 Å². The molecule has 7 atom stereocenters. The second kappa shape index (κ2) is 11.8. The van der Waals surface area contributed by atoms with Crippen LogP contribution in [0.5, 0.6) is 0 Å². The summed E-state index contributed by atoms with van der Waals surface area (Å²) in [6.45, 7) is 16.1. The Labute approximate surface area is 249 Å². The monoisotopic (exact) mass is 587 g/mol. The van der Waals surface area contributed by atoms with E-state index in [9.17, 15) is 24.3 Å². The van der Waals surface area contributed by atoms with Gasteiger partial charge in [0.15, 0.2) is 0 Å². The van der Waals surface area contributed by atoms with E-state index in [1.165, 1.54) is 4.90 Å². The summed E-state index contributed by atoms with van der Waals surface area (Å²) in [6, 6.07) is -1.72. The average Bonchev–Trinajstić information content (AvgIpc) is 3.24. The lowest BCUT2D eigenvalue weighted by atomic mass is 9.77. The number of rotatable bonds is 5. The number of fused-ring (bicyclic) bond motifs is 2. The van der Waals surface area contributed by atoms with Crippen molar-refractivity contribution in [1.29, 1.82) is 0 Å². The number of ether oxygens (including phenoxy) is 2. The minimum atomic E-state index is -1.43. The van der Waals surface area contributed by atoms with Gasteiger partial charge in [0.2, 0.25) is 17.7 Å². The van der Waals surface area contributed by atoms with Crippen molar-refractivity contribution in [2.24, 2.45) is 23.2 Å². The SMILES string of the molecule is CC(C)[C@H](CO)N1C(=O)[C@@H]2[C@H]3C(=O)O[C@H](C)CNC(=O)CC/C=C\[C@H]3O[C@@]23C=CCN(C(C)(C)CC(C)(C)C)C(=O)[C@@H]13. The minimum absolute atomic E-state index is 0.0675. The van der Waals surface area contributed by atoms with Crippen molar-refractivity contribution >= 4 is 23.7 Å². The quantitative estimate of drug-likeness (QED) is 0.374. The molecule has 0 radical (unpaired) electrons. The van der Waals surface area contributed by atoms with E-state index in [0.29, 0.717) is 13.0 Å². The topological polar surface area (TPSA) is 125 Å². The van der Waals surface area contributed by atoms with Crippen molar-refractivity contribution in [3.8, 4) is 0 Å². The standard InChI is InChI=1S/C32H49N3O7/c1-19(2)21(17-36)35-26-28(39)34(31(7,8)18-30(4,5)6)15-11-14-32(26)25(27(35)38)24-22(42-32)12-9-10-13-23(37)33-16-20(3)41-29(24)40/h9,11-12,14,19-22,24-26,36H,10,13,15-18H2,1-8H3,(H,33,37)/b12-9-/t20-,21+,22-,24+,25+,26-,32+/m1/s1. The highest BCUT2D eigenvalue weighted by atomic mass is 16.6. The van der Waals surface area contributed by atoms with E-state index in [1.807, 2.05) is 38.7 Å². The van der Waals surface area contributed by atoms with E-state index in [4.69, 9.17) is 9.47 Å². The van der Waals surface area contributed by atoms with Gasteiger partial charge in [-0.3, -0.25) is 19.2 Å². The second-order valence-electron chi connectivity index (χ2n) is 14.5. The Balaban J connectivity index is 1.85. The Morgan fingerprint density at radius 1 is 1.10 bits per heavy atom. The summed E-state index contributed by atoms with van der Waals surface area (Å²) in [5.74, 6) is -3.59. The van der Waals surface area contributed by atoms with Crippen LogP contribution >= 0.6 is 0 Å². The first-order chi connectivity index (χ1) is 19.5. The maximum Gasteiger partial charge on any atom is 0.313 e. The minimum Gasteiger partial charge on any atom is -0.460 e. The molecule has 4 rings (SSSR count). The lowest BCUT2D eigenvalue weighted by Crippen LogP contribution is -2.62. The number of esters is 1. The molecular weight excluding hydrogens is 538 g/mol. The summed E-state index contributed by atoms with van der Waals surface area (Å²) in [5, 5.41) is 13.3. The van der Waals surface area contributed by atoms with Gasteiger partial charge in [0.1, 0.15) is 23.7 Å². The fourth-order valence-electron chi connectivity index (χ4n) is 7.52. The highest BCUT2D eigenvalue weighted by molar-refractivity contribution is 5.99. The molecular formula is C32H49N3O7. The van der Waals surface area contributed by atoms with Crippen LogP contribution in [0.15, 0.2) is 24.3 Å². The third-order valence-corrected chi connectivity index (χ3v) is 8.98. The first-order valence-electron chi connectivity index (χ1n) is 15.3. The summed E-state index contributed by atoms with van der Waals surface area (Å²) in [4.78, 5) is 58.6. The van der Waals surface area contributed by atoms with Gasteiger partial charge in [-0.15, -0.1) is 0 Å². The number of hydrogen-bond acceptors (Lipinski definition) is 7. The van der Waals surface area contributed by atoms with Crippen LogP contribution in [-0.4, -0.2) is 93.7 Å². The van der Waals surface area contributed by atoms with Crippen molar-refractivity contribution in [3.05, 3.63) is 24.3 Å². The smallest absolute Gasteiger partial charge is 0.313 e. The molecule has 4 aliphatic rings. The van der Waals surface area contributed by atoms with Crippen LogP contribution < -0.4 is 5.32 Å². The lowest BCUT2D eigenvalue weighted by Gasteiger charge is -2.45. The number of hydrogen-bond donors (Lipinski definition) is 2. The van der Waals surface area contributed by atoms with E-state index in [2.05, 4.69) is 26.1 Å². The molecule has 0 aromatic rings. The molecule has 0 bridgehead atoms. The molecule has 0 aliphatic carbocycles. The third kappa shape index (κ3) is 5.89. The zero-order valence-corrected chi connectivity index (χ0v) is 26.4.